The highest BCUT2D eigenvalue weighted by molar-refractivity contribution is 5.81. The first-order valence-corrected chi connectivity index (χ1v) is 6.42. The van der Waals surface area contributed by atoms with E-state index in [1.165, 1.54) is 5.56 Å². The largest absolute Gasteiger partial charge is 0.486 e. The van der Waals surface area contributed by atoms with Gasteiger partial charge in [-0.25, -0.2) is 0 Å². The lowest BCUT2D eigenvalue weighted by Crippen LogP contribution is -2.21. The minimum atomic E-state index is 0.206. The van der Waals surface area contributed by atoms with Gasteiger partial charge in [-0.15, -0.1) is 0 Å². The Balaban J connectivity index is 1.78. The first-order chi connectivity index (χ1) is 9.75. The zero-order chi connectivity index (χ0) is 14.2. The molecule has 0 unspecified atom stereocenters. The van der Waals surface area contributed by atoms with Gasteiger partial charge in [-0.2, -0.15) is 0 Å². The maximum atomic E-state index is 5.72. The maximum absolute atomic E-state index is 5.72. The molecular formula is C16H18N2O2. The maximum Gasteiger partial charge on any atom is 0.177 e. The van der Waals surface area contributed by atoms with Gasteiger partial charge in [0.2, 0.25) is 0 Å². The lowest BCUT2D eigenvalue weighted by molar-refractivity contribution is 0.128. The molecule has 20 heavy (non-hydrogen) atoms. The van der Waals surface area contributed by atoms with Crippen molar-refractivity contribution in [3.8, 4) is 5.75 Å². The Labute approximate surface area is 118 Å². The Kier molecular flexibility index (Phi) is 5.00. The van der Waals surface area contributed by atoms with Crippen molar-refractivity contribution < 1.29 is 9.57 Å². The van der Waals surface area contributed by atoms with E-state index in [0.29, 0.717) is 12.4 Å². The Bertz CT molecular complexity index is 568. The first kappa shape index (κ1) is 13.9. The van der Waals surface area contributed by atoms with Crippen molar-refractivity contribution in [2.45, 2.75) is 13.5 Å². The highest BCUT2D eigenvalue weighted by atomic mass is 16.6. The summed E-state index contributed by atoms with van der Waals surface area (Å²) in [5.74, 6) is 1.06. The fourth-order valence-electron chi connectivity index (χ4n) is 1.66. The zero-order valence-electron chi connectivity index (χ0n) is 11.5. The van der Waals surface area contributed by atoms with E-state index in [9.17, 15) is 0 Å². The molecule has 0 aromatic heterocycles. The number of aryl methyl sites for hydroxylation is 1. The topological polar surface area (TPSA) is 56.8 Å². The SMILES string of the molecule is Cc1ccccc1CO/N=C(\N)COc1ccccc1. The summed E-state index contributed by atoms with van der Waals surface area (Å²) in [6, 6.07) is 17.4. The number of benzene rings is 2. The summed E-state index contributed by atoms with van der Waals surface area (Å²) in [5, 5.41) is 3.85. The Morgan fingerprint density at radius 2 is 1.75 bits per heavy atom. The van der Waals surface area contributed by atoms with Crippen LogP contribution in [0.1, 0.15) is 11.1 Å². The van der Waals surface area contributed by atoms with Crippen molar-refractivity contribution in [1.29, 1.82) is 0 Å². The van der Waals surface area contributed by atoms with Crippen LogP contribution < -0.4 is 10.5 Å². The second kappa shape index (κ2) is 7.19. The van der Waals surface area contributed by atoms with Crippen LogP contribution in [-0.4, -0.2) is 12.4 Å². The molecule has 2 aromatic carbocycles. The molecule has 0 saturated carbocycles. The van der Waals surface area contributed by atoms with Gasteiger partial charge in [-0.05, 0) is 30.2 Å². The van der Waals surface area contributed by atoms with E-state index in [2.05, 4.69) is 5.16 Å². The van der Waals surface area contributed by atoms with Gasteiger partial charge in [0, 0.05) is 0 Å². The zero-order valence-corrected chi connectivity index (χ0v) is 11.5. The van der Waals surface area contributed by atoms with Crippen LogP contribution in [0.15, 0.2) is 59.8 Å². The summed E-state index contributed by atoms with van der Waals surface area (Å²) in [6.45, 7) is 2.64. The minimum Gasteiger partial charge on any atom is -0.486 e. The average molecular weight is 270 g/mol. The molecule has 4 heteroatoms. The lowest BCUT2D eigenvalue weighted by Gasteiger charge is -2.06. The summed E-state index contributed by atoms with van der Waals surface area (Å²) in [4.78, 5) is 5.23. The molecule has 0 aliphatic rings. The van der Waals surface area contributed by atoms with Crippen LogP contribution in [0.25, 0.3) is 0 Å². The minimum absolute atomic E-state index is 0.206. The molecule has 0 amide bonds. The van der Waals surface area contributed by atoms with Gasteiger partial charge >= 0.3 is 0 Å². The van der Waals surface area contributed by atoms with Gasteiger partial charge < -0.3 is 15.3 Å². The number of ether oxygens (including phenoxy) is 1. The molecule has 104 valence electrons. The van der Waals surface area contributed by atoms with Crippen molar-refractivity contribution in [2.75, 3.05) is 6.61 Å². The number of amidine groups is 1. The number of oxime groups is 1. The second-order valence-corrected chi connectivity index (χ2v) is 4.38. The van der Waals surface area contributed by atoms with Crippen LogP contribution in [0, 0.1) is 6.92 Å². The fraction of sp³-hybridized carbons (Fsp3) is 0.188. The molecule has 0 bridgehead atoms. The number of nitrogens with zero attached hydrogens (tertiary/aromatic N) is 1. The van der Waals surface area contributed by atoms with Crippen molar-refractivity contribution in [3.05, 3.63) is 65.7 Å². The van der Waals surface area contributed by atoms with Gasteiger partial charge in [0.05, 0.1) is 0 Å². The third kappa shape index (κ3) is 4.31. The molecule has 2 rings (SSSR count). The van der Waals surface area contributed by atoms with Crippen molar-refractivity contribution >= 4 is 5.84 Å². The third-order valence-corrected chi connectivity index (χ3v) is 2.79. The van der Waals surface area contributed by atoms with Crippen LogP contribution in [-0.2, 0) is 11.4 Å². The highest BCUT2D eigenvalue weighted by Gasteiger charge is 1.99. The van der Waals surface area contributed by atoms with Crippen LogP contribution in [0.4, 0.5) is 0 Å². The van der Waals surface area contributed by atoms with E-state index in [1.807, 2.05) is 61.5 Å². The summed E-state index contributed by atoms with van der Waals surface area (Å²) in [5.41, 5.74) is 7.98. The van der Waals surface area contributed by atoms with Gasteiger partial charge in [0.1, 0.15) is 19.0 Å². The number of hydrogen-bond donors (Lipinski definition) is 1. The van der Waals surface area contributed by atoms with E-state index in [0.717, 1.165) is 11.3 Å². The van der Waals surface area contributed by atoms with Crippen molar-refractivity contribution in [1.82, 2.24) is 0 Å². The van der Waals surface area contributed by atoms with Crippen LogP contribution in [0.2, 0.25) is 0 Å². The van der Waals surface area contributed by atoms with Crippen molar-refractivity contribution in [3.63, 3.8) is 0 Å². The second-order valence-electron chi connectivity index (χ2n) is 4.38. The molecule has 0 radical (unpaired) electrons. The molecule has 4 nitrogen and oxygen atoms in total. The van der Waals surface area contributed by atoms with Crippen molar-refractivity contribution in [2.24, 2.45) is 10.9 Å². The molecule has 0 atom stereocenters. The smallest absolute Gasteiger partial charge is 0.177 e. The molecule has 0 aliphatic carbocycles. The van der Waals surface area contributed by atoms with Gasteiger partial charge in [-0.1, -0.05) is 47.6 Å². The summed E-state index contributed by atoms with van der Waals surface area (Å²) in [7, 11) is 0. The van der Waals surface area contributed by atoms with E-state index in [-0.39, 0.29) is 6.61 Å². The van der Waals surface area contributed by atoms with E-state index < -0.39 is 0 Å². The molecule has 0 fully saturated rings. The normalized spacial score (nSPS) is 11.2. The van der Waals surface area contributed by atoms with Gasteiger partial charge in [0.25, 0.3) is 0 Å². The van der Waals surface area contributed by atoms with Gasteiger partial charge in [0.15, 0.2) is 5.84 Å². The van der Waals surface area contributed by atoms with E-state index in [4.69, 9.17) is 15.3 Å². The van der Waals surface area contributed by atoms with Gasteiger partial charge in [-0.3, -0.25) is 0 Å². The van der Waals surface area contributed by atoms with Crippen LogP contribution in [0.5, 0.6) is 5.75 Å². The average Bonchev–Trinajstić information content (AvgIpc) is 2.48. The number of rotatable bonds is 6. The predicted octanol–water partition coefficient (Wildman–Crippen LogP) is 2.86. The molecule has 2 aromatic rings. The number of hydrogen-bond acceptors (Lipinski definition) is 3. The number of para-hydroxylation sites is 1. The first-order valence-electron chi connectivity index (χ1n) is 6.42. The summed E-state index contributed by atoms with van der Waals surface area (Å²) in [6.07, 6.45) is 0. The highest BCUT2D eigenvalue weighted by Crippen LogP contribution is 2.09. The lowest BCUT2D eigenvalue weighted by atomic mass is 10.1. The third-order valence-electron chi connectivity index (χ3n) is 2.79. The van der Waals surface area contributed by atoms with Crippen LogP contribution in [0.3, 0.4) is 0 Å². The fourth-order valence-corrected chi connectivity index (χ4v) is 1.66. The molecule has 0 saturated heterocycles. The Morgan fingerprint density at radius 3 is 2.50 bits per heavy atom. The van der Waals surface area contributed by atoms with E-state index in [1.54, 1.807) is 0 Å². The molecule has 2 N–H and O–H groups in total. The standard InChI is InChI=1S/C16H18N2O2/c1-13-7-5-6-8-14(13)11-20-18-16(17)12-19-15-9-3-2-4-10-15/h2-10H,11-12H2,1H3,(H2,17,18). The number of nitrogens with two attached hydrogens (primary N) is 1. The Hall–Kier alpha value is -2.49. The quantitative estimate of drug-likeness (QED) is 0.499. The molecular weight excluding hydrogens is 252 g/mol. The summed E-state index contributed by atoms with van der Waals surface area (Å²) >= 11 is 0. The Morgan fingerprint density at radius 1 is 1.05 bits per heavy atom. The molecule has 0 spiro atoms. The summed E-state index contributed by atoms with van der Waals surface area (Å²) < 4.78 is 5.46. The molecule has 0 heterocycles. The molecule has 0 aliphatic heterocycles. The van der Waals surface area contributed by atoms with Crippen LogP contribution >= 0.6 is 0 Å². The van der Waals surface area contributed by atoms with E-state index >= 15 is 0 Å². The monoisotopic (exact) mass is 270 g/mol. The predicted molar refractivity (Wildman–Crippen MR) is 79.5 cm³/mol.